The Morgan fingerprint density at radius 2 is 1.51 bits per heavy atom. The largest absolute Gasteiger partial charge is 0.480 e. The molecule has 11 nitrogen and oxygen atoms in total. The van der Waals surface area contributed by atoms with Gasteiger partial charge in [-0.2, -0.15) is 0 Å². The molecule has 2 amide bonds. The monoisotopic (exact) mass is 703 g/mol. The Bertz CT molecular complexity index is 1860. The van der Waals surface area contributed by atoms with Gasteiger partial charge in [0, 0.05) is 54.9 Å². The molecule has 2 aliphatic rings. The van der Waals surface area contributed by atoms with E-state index in [4.69, 9.17) is 47.6 Å². The van der Waals surface area contributed by atoms with Gasteiger partial charge >= 0.3 is 0 Å². The number of nitrogens with one attached hydrogen (secondary N) is 2. The van der Waals surface area contributed by atoms with Crippen LogP contribution in [0.2, 0.25) is 10.0 Å². The van der Waals surface area contributed by atoms with Gasteiger partial charge in [-0.15, -0.1) is 0 Å². The predicted molar refractivity (Wildman–Crippen MR) is 189 cm³/mol. The van der Waals surface area contributed by atoms with Crippen molar-refractivity contribution >= 4 is 35.0 Å². The van der Waals surface area contributed by atoms with Crippen LogP contribution in [0, 0.1) is 5.92 Å². The van der Waals surface area contributed by atoms with Crippen molar-refractivity contribution in [2.45, 2.75) is 51.1 Å². The molecule has 49 heavy (non-hydrogen) atoms. The zero-order chi connectivity index (χ0) is 34.5. The minimum Gasteiger partial charge on any atom is -0.480 e. The van der Waals surface area contributed by atoms with Gasteiger partial charge in [-0.05, 0) is 38.6 Å². The normalized spacial score (nSPS) is 17.6. The number of halogens is 2. The third-order valence-electron chi connectivity index (χ3n) is 9.16. The third-order valence-corrected chi connectivity index (χ3v) is 9.98. The number of amides is 2. The van der Waals surface area contributed by atoms with Crippen molar-refractivity contribution in [3.05, 3.63) is 70.2 Å². The zero-order valence-electron chi connectivity index (χ0n) is 27.8. The lowest BCUT2D eigenvalue weighted by atomic mass is 9.98. The number of aryl methyl sites for hydroxylation is 1. The Morgan fingerprint density at radius 1 is 0.918 bits per heavy atom. The van der Waals surface area contributed by atoms with E-state index in [1.165, 1.54) is 0 Å². The Balaban J connectivity index is 1.22. The molecular formula is C36H39Cl2N7O4. The number of rotatable bonds is 12. The fourth-order valence-corrected chi connectivity index (χ4v) is 7.20. The van der Waals surface area contributed by atoms with E-state index >= 15 is 0 Å². The van der Waals surface area contributed by atoms with Gasteiger partial charge in [-0.3, -0.25) is 24.5 Å². The van der Waals surface area contributed by atoms with Gasteiger partial charge in [0.2, 0.25) is 23.6 Å². The van der Waals surface area contributed by atoms with E-state index < -0.39 is 0 Å². The molecule has 1 unspecified atom stereocenters. The number of carbonyl (C=O) groups is 2. The summed E-state index contributed by atoms with van der Waals surface area (Å²) in [4.78, 5) is 44.7. The molecule has 13 heteroatoms. The van der Waals surface area contributed by atoms with Crippen LogP contribution < -0.4 is 20.1 Å². The van der Waals surface area contributed by atoms with E-state index in [0.29, 0.717) is 75.9 Å². The van der Waals surface area contributed by atoms with Gasteiger partial charge in [0.1, 0.15) is 11.4 Å². The van der Waals surface area contributed by atoms with Crippen LogP contribution in [0.15, 0.2) is 48.8 Å². The first-order chi connectivity index (χ1) is 23.8. The topological polar surface area (TPSA) is 131 Å². The Labute approximate surface area is 295 Å². The highest BCUT2D eigenvalue weighted by molar-refractivity contribution is 6.39. The maximum absolute atomic E-state index is 12.1. The van der Waals surface area contributed by atoms with Crippen LogP contribution in [-0.2, 0) is 22.6 Å². The van der Waals surface area contributed by atoms with E-state index in [9.17, 15) is 9.59 Å². The molecule has 6 rings (SSSR count). The molecule has 2 aromatic heterocycles. The number of hydrogen-bond donors (Lipinski definition) is 2. The SMILES string of the molecule is CNC(=O)C1CCN(Cc2ncc(-c3cccc(-c4cccc(-c5cnc(CCC[C@@H]6CCC(=O)N6)c(OC)n5)c4Cl)c3Cl)nc2OC)C1. The molecule has 4 heterocycles. The molecule has 2 atom stereocenters. The van der Waals surface area contributed by atoms with Gasteiger partial charge in [-0.1, -0.05) is 59.6 Å². The Morgan fingerprint density at radius 3 is 2.08 bits per heavy atom. The number of benzene rings is 2. The summed E-state index contributed by atoms with van der Waals surface area (Å²) in [6.07, 6.45) is 8.10. The summed E-state index contributed by atoms with van der Waals surface area (Å²) >= 11 is 14.1. The first kappa shape index (κ1) is 34.5. The highest BCUT2D eigenvalue weighted by Crippen LogP contribution is 2.42. The summed E-state index contributed by atoms with van der Waals surface area (Å²) in [6.45, 7) is 1.98. The standard InChI is InChI=1S/C36H39Cl2N7O4/c1-39-34(47)21-15-16-45(19-21)20-30-36(49-3)44-29(18-41-30)26-11-6-9-24(33(26)38)23-8-5-10-25(32(23)37)28-17-40-27(35(43-28)48-2)12-4-7-22-13-14-31(46)42-22/h5-6,8-11,17-18,21-22H,4,7,12-16,19-20H2,1-3H3,(H,39,47)(H,42,46)/t21?,22-/m1/s1. The summed E-state index contributed by atoms with van der Waals surface area (Å²) in [5, 5.41) is 6.69. The predicted octanol–water partition coefficient (Wildman–Crippen LogP) is 5.76. The van der Waals surface area contributed by atoms with Crippen molar-refractivity contribution in [2.75, 3.05) is 34.4 Å². The fourth-order valence-electron chi connectivity index (χ4n) is 6.55. The van der Waals surface area contributed by atoms with E-state index in [0.717, 1.165) is 49.0 Å². The van der Waals surface area contributed by atoms with Crippen molar-refractivity contribution in [2.24, 2.45) is 5.92 Å². The average Bonchev–Trinajstić information content (AvgIpc) is 3.77. The van der Waals surface area contributed by atoms with E-state index in [2.05, 4.69) is 20.5 Å². The Hall–Kier alpha value is -4.32. The van der Waals surface area contributed by atoms with Gasteiger partial charge in [0.05, 0.1) is 54.0 Å². The van der Waals surface area contributed by atoms with Crippen molar-refractivity contribution in [1.29, 1.82) is 0 Å². The van der Waals surface area contributed by atoms with Gasteiger partial charge in [-0.25, -0.2) is 9.97 Å². The van der Waals surface area contributed by atoms with Gasteiger partial charge < -0.3 is 20.1 Å². The molecule has 0 bridgehead atoms. The lowest BCUT2D eigenvalue weighted by molar-refractivity contribution is -0.124. The summed E-state index contributed by atoms with van der Waals surface area (Å²) in [5.74, 6) is 0.994. The number of nitrogens with zero attached hydrogens (tertiary/aromatic N) is 5. The second-order valence-corrected chi connectivity index (χ2v) is 13.0. The molecule has 2 saturated heterocycles. The highest BCUT2D eigenvalue weighted by atomic mass is 35.5. The molecule has 4 aromatic rings. The molecule has 0 radical (unpaired) electrons. The zero-order valence-corrected chi connectivity index (χ0v) is 29.3. The van der Waals surface area contributed by atoms with Crippen LogP contribution in [0.1, 0.15) is 43.5 Å². The number of methoxy groups -OCH3 is 2. The number of likely N-dealkylation sites (tertiary alicyclic amines) is 1. The van der Waals surface area contributed by atoms with Crippen molar-refractivity contribution in [1.82, 2.24) is 35.5 Å². The molecule has 2 aromatic carbocycles. The molecule has 0 aliphatic carbocycles. The molecule has 2 fully saturated rings. The van der Waals surface area contributed by atoms with Crippen LogP contribution in [0.5, 0.6) is 11.8 Å². The van der Waals surface area contributed by atoms with E-state index in [-0.39, 0.29) is 23.8 Å². The summed E-state index contributed by atoms with van der Waals surface area (Å²) in [7, 11) is 4.81. The molecular weight excluding hydrogens is 665 g/mol. The van der Waals surface area contributed by atoms with Crippen LogP contribution >= 0.6 is 23.2 Å². The summed E-state index contributed by atoms with van der Waals surface area (Å²) < 4.78 is 11.3. The van der Waals surface area contributed by atoms with Crippen LogP contribution in [-0.4, -0.2) is 77.0 Å². The minimum atomic E-state index is -0.0348. The number of ether oxygens (including phenoxy) is 2. The molecule has 2 N–H and O–H groups in total. The van der Waals surface area contributed by atoms with Gasteiger partial charge in [0.25, 0.3) is 0 Å². The Kier molecular flexibility index (Phi) is 10.9. The van der Waals surface area contributed by atoms with Crippen LogP contribution in [0.25, 0.3) is 33.6 Å². The lowest BCUT2D eigenvalue weighted by Gasteiger charge is -2.17. The van der Waals surface area contributed by atoms with E-state index in [1.807, 2.05) is 36.4 Å². The number of hydrogen-bond acceptors (Lipinski definition) is 9. The molecule has 256 valence electrons. The second kappa shape index (κ2) is 15.5. The minimum absolute atomic E-state index is 0.0348. The van der Waals surface area contributed by atoms with Crippen molar-refractivity contribution in [3.8, 4) is 45.4 Å². The van der Waals surface area contributed by atoms with Crippen LogP contribution in [0.4, 0.5) is 0 Å². The maximum atomic E-state index is 12.1. The van der Waals surface area contributed by atoms with E-state index in [1.54, 1.807) is 33.7 Å². The fraction of sp³-hybridized carbons (Fsp3) is 0.389. The maximum Gasteiger partial charge on any atom is 0.237 e. The smallest absolute Gasteiger partial charge is 0.237 e. The molecule has 0 spiro atoms. The average molecular weight is 705 g/mol. The first-order valence-corrected chi connectivity index (χ1v) is 17.2. The van der Waals surface area contributed by atoms with Crippen molar-refractivity contribution in [3.63, 3.8) is 0 Å². The third kappa shape index (κ3) is 7.64. The molecule has 0 saturated carbocycles. The lowest BCUT2D eigenvalue weighted by Crippen LogP contribution is -2.30. The van der Waals surface area contributed by atoms with Crippen molar-refractivity contribution < 1.29 is 19.1 Å². The quantitative estimate of drug-likeness (QED) is 0.189. The first-order valence-electron chi connectivity index (χ1n) is 16.4. The second-order valence-electron chi connectivity index (χ2n) is 12.3. The van der Waals surface area contributed by atoms with Crippen LogP contribution in [0.3, 0.4) is 0 Å². The molecule has 2 aliphatic heterocycles. The van der Waals surface area contributed by atoms with Gasteiger partial charge in [0.15, 0.2) is 0 Å². The number of carbonyl (C=O) groups excluding carboxylic acids is 2. The summed E-state index contributed by atoms with van der Waals surface area (Å²) in [5.41, 5.74) is 5.42. The number of aromatic nitrogens is 4. The summed E-state index contributed by atoms with van der Waals surface area (Å²) in [6, 6.07) is 11.6. The highest BCUT2D eigenvalue weighted by Gasteiger charge is 2.29.